The predicted molar refractivity (Wildman–Crippen MR) is 91.6 cm³/mol. The van der Waals surface area contributed by atoms with E-state index in [-0.39, 0.29) is 42.3 Å². The third kappa shape index (κ3) is 3.19. The van der Waals surface area contributed by atoms with E-state index in [1.54, 1.807) is 11.0 Å². The third-order valence-corrected chi connectivity index (χ3v) is 5.44. The fraction of sp³-hybridized carbons (Fsp3) is 0.500. The molecular weight excluding hydrogens is 328 g/mol. The van der Waals surface area contributed by atoms with Gasteiger partial charge in [-0.1, -0.05) is 0 Å². The summed E-state index contributed by atoms with van der Waals surface area (Å²) in [4.78, 5) is 42.9. The highest BCUT2D eigenvalue weighted by Crippen LogP contribution is 2.22. The second kappa shape index (κ2) is 6.72. The number of aromatic nitrogens is 2. The number of hydrogen-bond acceptors (Lipinski definition) is 5. The molecule has 0 unspecified atom stereocenters. The number of likely N-dealkylation sites (tertiary alicyclic amines) is 1. The van der Waals surface area contributed by atoms with Crippen molar-refractivity contribution in [3.05, 3.63) is 28.1 Å². The summed E-state index contributed by atoms with van der Waals surface area (Å²) in [7, 11) is 0. The topological polar surface area (TPSA) is 98.3 Å². The molecule has 2 atom stereocenters. The van der Waals surface area contributed by atoms with Gasteiger partial charge < -0.3 is 10.6 Å². The zero-order chi connectivity index (χ0) is 17.3. The molecule has 1 aliphatic rings. The summed E-state index contributed by atoms with van der Waals surface area (Å²) in [5.74, 6) is -0.703. The van der Waals surface area contributed by atoms with Gasteiger partial charge in [-0.25, -0.2) is 4.98 Å². The van der Waals surface area contributed by atoms with E-state index in [1.807, 2.05) is 12.3 Å². The van der Waals surface area contributed by atoms with Crippen molar-refractivity contribution < 1.29 is 9.59 Å². The Morgan fingerprint density at radius 1 is 1.42 bits per heavy atom. The van der Waals surface area contributed by atoms with Crippen LogP contribution in [-0.4, -0.2) is 38.9 Å². The fourth-order valence-corrected chi connectivity index (χ4v) is 3.82. The standard InChI is InChI=1S/C16H20N4O3S/c1-10-2-3-11(14(17)22)8-20(10)13(21)4-6-19-9-18-15-12(16(19)23)5-7-24-15/h5,7,9-11H,2-4,6,8H2,1H3,(H2,17,22)/t10-,11+/m0/s1. The molecule has 7 nitrogen and oxygen atoms in total. The number of carbonyl (C=O) groups is 2. The SMILES string of the molecule is C[C@H]1CC[C@@H](C(N)=O)CN1C(=O)CCn1cnc2sccc2c1=O. The van der Waals surface area contributed by atoms with Crippen LogP contribution in [0.2, 0.25) is 0 Å². The number of primary amides is 1. The third-order valence-electron chi connectivity index (χ3n) is 4.62. The predicted octanol–water partition coefficient (Wildman–Crippen LogP) is 0.960. The second-order valence-electron chi connectivity index (χ2n) is 6.20. The maximum atomic E-state index is 12.5. The molecule has 0 saturated carbocycles. The van der Waals surface area contributed by atoms with E-state index in [2.05, 4.69) is 4.98 Å². The number of rotatable bonds is 4. The second-order valence-corrected chi connectivity index (χ2v) is 7.10. The van der Waals surface area contributed by atoms with Crippen molar-refractivity contribution in [1.29, 1.82) is 0 Å². The number of nitrogens with two attached hydrogens (primary N) is 1. The summed E-state index contributed by atoms with van der Waals surface area (Å²) in [6.07, 6.45) is 3.17. The van der Waals surface area contributed by atoms with Gasteiger partial charge in [0.25, 0.3) is 5.56 Å². The number of amides is 2. The average molecular weight is 348 g/mol. The Labute approximate surface area is 143 Å². The lowest BCUT2D eigenvalue weighted by molar-refractivity contribution is -0.137. The maximum Gasteiger partial charge on any atom is 0.262 e. The minimum Gasteiger partial charge on any atom is -0.369 e. The molecular formula is C16H20N4O3S. The summed E-state index contributed by atoms with van der Waals surface area (Å²) in [5.41, 5.74) is 5.24. The largest absolute Gasteiger partial charge is 0.369 e. The van der Waals surface area contributed by atoms with Crippen LogP contribution in [0.4, 0.5) is 0 Å². The minimum atomic E-state index is -0.358. The molecule has 2 aromatic rings. The first-order valence-corrected chi connectivity index (χ1v) is 8.86. The average Bonchev–Trinajstić information content (AvgIpc) is 3.03. The number of hydrogen-bond donors (Lipinski definition) is 1. The van der Waals surface area contributed by atoms with E-state index in [4.69, 9.17) is 5.73 Å². The Morgan fingerprint density at radius 3 is 2.96 bits per heavy atom. The van der Waals surface area contributed by atoms with Crippen LogP contribution in [0.5, 0.6) is 0 Å². The Kier molecular flexibility index (Phi) is 4.66. The summed E-state index contributed by atoms with van der Waals surface area (Å²) in [6, 6.07) is 1.83. The van der Waals surface area contributed by atoms with E-state index in [9.17, 15) is 14.4 Å². The van der Waals surface area contributed by atoms with Crippen LogP contribution in [0.3, 0.4) is 0 Å². The molecule has 24 heavy (non-hydrogen) atoms. The van der Waals surface area contributed by atoms with Crippen LogP contribution in [0.25, 0.3) is 10.2 Å². The van der Waals surface area contributed by atoms with Crippen molar-refractivity contribution in [1.82, 2.24) is 14.5 Å². The molecule has 2 aromatic heterocycles. The highest BCUT2D eigenvalue weighted by Gasteiger charge is 2.31. The first-order chi connectivity index (χ1) is 11.5. The van der Waals surface area contributed by atoms with Gasteiger partial charge in [0.15, 0.2) is 0 Å². The van der Waals surface area contributed by atoms with Gasteiger partial charge in [0, 0.05) is 25.6 Å². The molecule has 8 heteroatoms. The summed E-state index contributed by atoms with van der Waals surface area (Å²) >= 11 is 1.42. The van der Waals surface area contributed by atoms with Gasteiger partial charge in [-0.05, 0) is 31.2 Å². The zero-order valence-corrected chi connectivity index (χ0v) is 14.3. The van der Waals surface area contributed by atoms with Crippen LogP contribution in [-0.2, 0) is 16.1 Å². The van der Waals surface area contributed by atoms with Crippen molar-refractivity contribution in [2.24, 2.45) is 11.7 Å². The molecule has 3 heterocycles. The zero-order valence-electron chi connectivity index (χ0n) is 13.5. The van der Waals surface area contributed by atoms with Gasteiger partial charge in [0.2, 0.25) is 11.8 Å². The van der Waals surface area contributed by atoms with Crippen molar-refractivity contribution in [2.45, 2.75) is 38.8 Å². The molecule has 0 radical (unpaired) electrons. The van der Waals surface area contributed by atoms with Gasteiger partial charge >= 0.3 is 0 Å². The molecule has 2 N–H and O–H groups in total. The molecule has 3 rings (SSSR count). The lowest BCUT2D eigenvalue weighted by Gasteiger charge is -2.37. The fourth-order valence-electron chi connectivity index (χ4n) is 3.10. The first-order valence-electron chi connectivity index (χ1n) is 7.99. The van der Waals surface area contributed by atoms with E-state index >= 15 is 0 Å². The van der Waals surface area contributed by atoms with Gasteiger partial charge in [-0.2, -0.15) is 0 Å². The highest BCUT2D eigenvalue weighted by atomic mass is 32.1. The Hall–Kier alpha value is -2.22. The number of fused-ring (bicyclic) bond motifs is 1. The molecule has 0 spiro atoms. The smallest absolute Gasteiger partial charge is 0.262 e. The maximum absolute atomic E-state index is 12.5. The van der Waals surface area contributed by atoms with Crippen molar-refractivity contribution >= 4 is 33.4 Å². The lowest BCUT2D eigenvalue weighted by Crippen LogP contribution is -2.48. The van der Waals surface area contributed by atoms with Crippen LogP contribution in [0.15, 0.2) is 22.6 Å². The van der Waals surface area contributed by atoms with E-state index in [0.29, 0.717) is 16.8 Å². The lowest BCUT2D eigenvalue weighted by atomic mass is 9.92. The minimum absolute atomic E-state index is 0.0641. The molecule has 0 bridgehead atoms. The molecule has 1 fully saturated rings. The molecule has 0 aromatic carbocycles. The van der Waals surface area contributed by atoms with Gasteiger partial charge in [0.1, 0.15) is 4.83 Å². The molecule has 0 aliphatic carbocycles. The van der Waals surface area contributed by atoms with Gasteiger partial charge in [-0.15, -0.1) is 11.3 Å². The number of piperidine rings is 1. The molecule has 2 amide bonds. The Morgan fingerprint density at radius 2 is 2.21 bits per heavy atom. The number of nitrogens with zero attached hydrogens (tertiary/aromatic N) is 3. The molecule has 1 aliphatic heterocycles. The van der Waals surface area contributed by atoms with Crippen LogP contribution >= 0.6 is 11.3 Å². The van der Waals surface area contributed by atoms with Crippen molar-refractivity contribution in [3.8, 4) is 0 Å². The van der Waals surface area contributed by atoms with Gasteiger partial charge in [0.05, 0.1) is 17.6 Å². The van der Waals surface area contributed by atoms with Crippen molar-refractivity contribution in [3.63, 3.8) is 0 Å². The highest BCUT2D eigenvalue weighted by molar-refractivity contribution is 7.16. The monoisotopic (exact) mass is 348 g/mol. The van der Waals surface area contributed by atoms with Crippen LogP contribution < -0.4 is 11.3 Å². The van der Waals surface area contributed by atoms with E-state index < -0.39 is 0 Å². The summed E-state index contributed by atoms with van der Waals surface area (Å²) < 4.78 is 1.47. The Bertz CT molecular complexity index is 828. The molecule has 128 valence electrons. The summed E-state index contributed by atoms with van der Waals surface area (Å²) in [5, 5.41) is 2.41. The Balaban J connectivity index is 1.68. The van der Waals surface area contributed by atoms with E-state index in [1.165, 1.54) is 22.2 Å². The first kappa shape index (κ1) is 16.6. The van der Waals surface area contributed by atoms with Gasteiger partial charge in [-0.3, -0.25) is 19.0 Å². The number of aryl methyl sites for hydroxylation is 1. The normalized spacial score (nSPS) is 21.1. The number of thiophene rings is 1. The molecule has 1 saturated heterocycles. The number of carbonyl (C=O) groups excluding carboxylic acids is 2. The van der Waals surface area contributed by atoms with Crippen LogP contribution in [0.1, 0.15) is 26.2 Å². The van der Waals surface area contributed by atoms with Crippen LogP contribution in [0, 0.1) is 5.92 Å². The quantitative estimate of drug-likeness (QED) is 0.890. The van der Waals surface area contributed by atoms with E-state index in [0.717, 1.165) is 12.8 Å². The van der Waals surface area contributed by atoms with Crippen molar-refractivity contribution in [2.75, 3.05) is 6.54 Å². The summed E-state index contributed by atoms with van der Waals surface area (Å²) in [6.45, 7) is 2.62.